The monoisotopic (exact) mass is 538 g/mol. The maximum Gasteiger partial charge on any atom is 0.411 e. The van der Waals surface area contributed by atoms with Crippen LogP contribution in [-0.2, 0) is 16.5 Å². The molecule has 0 spiro atoms. The van der Waals surface area contributed by atoms with Gasteiger partial charge < -0.3 is 14.0 Å². The Morgan fingerprint density at radius 3 is 2.55 bits per heavy atom. The molecule has 1 saturated heterocycles. The number of anilines is 1. The van der Waals surface area contributed by atoms with Crippen LogP contribution in [0.1, 0.15) is 44.0 Å². The van der Waals surface area contributed by atoms with E-state index in [1.807, 2.05) is 52.2 Å². The van der Waals surface area contributed by atoms with E-state index >= 15 is 0 Å². The van der Waals surface area contributed by atoms with Crippen LogP contribution in [0.25, 0.3) is 33.2 Å². The zero-order chi connectivity index (χ0) is 27.8. The summed E-state index contributed by atoms with van der Waals surface area (Å²) in [6.07, 6.45) is 3.13. The number of pyridine rings is 1. The Labute approximate surface area is 233 Å². The molecule has 206 valence electrons. The molecular formula is C31H34N6O3. The number of nitrogens with zero attached hydrogens (tertiary/aromatic N) is 5. The molecule has 1 fully saturated rings. The number of aromatic nitrogens is 5. The summed E-state index contributed by atoms with van der Waals surface area (Å²) < 4.78 is 15.3. The van der Waals surface area contributed by atoms with E-state index in [9.17, 15) is 4.79 Å². The van der Waals surface area contributed by atoms with Crippen LogP contribution < -0.4 is 5.32 Å². The third-order valence-electron chi connectivity index (χ3n) is 7.63. The topological polar surface area (TPSA) is 96.1 Å². The molecule has 9 heteroatoms. The lowest BCUT2D eigenvalue weighted by Gasteiger charge is -2.33. The van der Waals surface area contributed by atoms with Gasteiger partial charge in [-0.3, -0.25) is 10.3 Å². The maximum absolute atomic E-state index is 12.5. The number of carbonyl (C=O) groups is 1. The van der Waals surface area contributed by atoms with Gasteiger partial charge in [0.25, 0.3) is 0 Å². The van der Waals surface area contributed by atoms with Crippen molar-refractivity contribution in [1.29, 1.82) is 0 Å². The van der Waals surface area contributed by atoms with Gasteiger partial charge in [0.05, 0.1) is 40.1 Å². The van der Waals surface area contributed by atoms with E-state index in [0.29, 0.717) is 11.6 Å². The smallest absolute Gasteiger partial charge is 0.411 e. The molecule has 5 aromatic rings. The number of ether oxygens (including phenoxy) is 2. The molecule has 1 aliphatic heterocycles. The van der Waals surface area contributed by atoms with Crippen molar-refractivity contribution in [3.63, 3.8) is 0 Å². The second-order valence-electron chi connectivity index (χ2n) is 10.7. The number of nitrogens with one attached hydrogen (secondary N) is 1. The molecule has 1 aliphatic rings. The lowest BCUT2D eigenvalue weighted by atomic mass is 9.86. The minimum absolute atomic E-state index is 0.0470. The van der Waals surface area contributed by atoms with Crippen LogP contribution in [0.5, 0.6) is 0 Å². The molecule has 3 aromatic heterocycles. The van der Waals surface area contributed by atoms with Crippen molar-refractivity contribution in [1.82, 2.24) is 24.5 Å². The van der Waals surface area contributed by atoms with E-state index < -0.39 is 6.09 Å². The van der Waals surface area contributed by atoms with Crippen molar-refractivity contribution in [2.24, 2.45) is 13.0 Å². The highest BCUT2D eigenvalue weighted by Gasteiger charge is 2.30. The summed E-state index contributed by atoms with van der Waals surface area (Å²) in [7, 11) is 1.90. The Bertz CT molecular complexity index is 1650. The lowest BCUT2D eigenvalue weighted by Crippen LogP contribution is -2.27. The number of hydrogen-bond donors (Lipinski definition) is 1. The Hall–Kier alpha value is -4.24. The summed E-state index contributed by atoms with van der Waals surface area (Å²) in [5.41, 5.74) is 7.59. The van der Waals surface area contributed by atoms with Crippen LogP contribution in [0.15, 0.2) is 60.8 Å². The van der Waals surface area contributed by atoms with Crippen LogP contribution in [0.3, 0.4) is 0 Å². The molecule has 6 rings (SSSR count). The molecular weight excluding hydrogens is 504 g/mol. The zero-order valence-corrected chi connectivity index (χ0v) is 23.3. The first-order valence-electron chi connectivity index (χ1n) is 13.8. The number of aryl methyl sites for hydroxylation is 2. The molecule has 0 saturated carbocycles. The molecule has 0 radical (unpaired) electrons. The van der Waals surface area contributed by atoms with Crippen molar-refractivity contribution in [3.8, 4) is 11.3 Å². The van der Waals surface area contributed by atoms with Crippen molar-refractivity contribution < 1.29 is 14.3 Å². The largest absolute Gasteiger partial charge is 0.447 e. The van der Waals surface area contributed by atoms with Gasteiger partial charge in [0, 0.05) is 43.1 Å². The molecule has 1 atom stereocenters. The third-order valence-corrected chi connectivity index (χ3v) is 7.63. The Kier molecular flexibility index (Phi) is 6.98. The quantitative estimate of drug-likeness (QED) is 0.274. The molecule has 4 heterocycles. The normalized spacial score (nSPS) is 15.1. The Morgan fingerprint density at radius 2 is 1.85 bits per heavy atom. The van der Waals surface area contributed by atoms with Crippen LogP contribution in [-0.4, -0.2) is 50.0 Å². The SMILES string of the molecule is Cc1nnn(C)c1-c1cnc2c3ccc(NC(=O)OC(C)C)cc3n(C(c3ccccc3)C3CCOCC3)c2c1. The zero-order valence-electron chi connectivity index (χ0n) is 23.3. The van der Waals surface area contributed by atoms with E-state index in [4.69, 9.17) is 14.5 Å². The van der Waals surface area contributed by atoms with E-state index in [1.165, 1.54) is 5.56 Å². The number of amides is 1. The van der Waals surface area contributed by atoms with Gasteiger partial charge in [0.2, 0.25) is 0 Å². The van der Waals surface area contributed by atoms with Crippen LogP contribution in [0.4, 0.5) is 10.5 Å². The van der Waals surface area contributed by atoms with Crippen molar-refractivity contribution in [2.75, 3.05) is 18.5 Å². The summed E-state index contributed by atoms with van der Waals surface area (Å²) in [6, 6.07) is 18.9. The van der Waals surface area contributed by atoms with E-state index in [0.717, 1.165) is 64.9 Å². The van der Waals surface area contributed by atoms with Gasteiger partial charge in [-0.15, -0.1) is 5.10 Å². The number of rotatable bonds is 6. The molecule has 0 aliphatic carbocycles. The van der Waals surface area contributed by atoms with Crippen LogP contribution in [0.2, 0.25) is 0 Å². The highest BCUT2D eigenvalue weighted by atomic mass is 16.6. The predicted octanol–water partition coefficient (Wildman–Crippen LogP) is 6.27. The highest BCUT2D eigenvalue weighted by Crippen LogP contribution is 2.41. The van der Waals surface area contributed by atoms with Gasteiger partial charge in [0.15, 0.2) is 0 Å². The molecule has 1 unspecified atom stereocenters. The maximum atomic E-state index is 12.5. The Balaban J connectivity index is 1.61. The average molecular weight is 539 g/mol. The fourth-order valence-corrected chi connectivity index (χ4v) is 5.94. The van der Waals surface area contributed by atoms with E-state index in [1.54, 1.807) is 4.68 Å². The van der Waals surface area contributed by atoms with Gasteiger partial charge >= 0.3 is 6.09 Å². The van der Waals surface area contributed by atoms with Crippen molar-refractivity contribution in [3.05, 3.63) is 72.1 Å². The predicted molar refractivity (Wildman–Crippen MR) is 155 cm³/mol. The van der Waals surface area contributed by atoms with Crippen LogP contribution in [0, 0.1) is 12.8 Å². The standard InChI is InChI=1S/C31H34N6O3/c1-19(2)40-31(38)33-24-10-11-25-26(17-24)37(30(21-8-6-5-7-9-21)22-12-14-39-15-13-22)27-16-23(18-32-28(25)27)29-20(3)34-35-36(29)4/h5-11,16-19,22,30H,12-15H2,1-4H3,(H,33,38). The first-order chi connectivity index (χ1) is 19.4. The highest BCUT2D eigenvalue weighted by molar-refractivity contribution is 6.08. The van der Waals surface area contributed by atoms with Crippen LogP contribution >= 0.6 is 0 Å². The van der Waals surface area contributed by atoms with Gasteiger partial charge in [-0.2, -0.15) is 0 Å². The van der Waals surface area contributed by atoms with Crippen molar-refractivity contribution >= 4 is 33.7 Å². The van der Waals surface area contributed by atoms with Crippen molar-refractivity contribution in [2.45, 2.75) is 45.8 Å². The second kappa shape index (κ2) is 10.7. The van der Waals surface area contributed by atoms with Gasteiger partial charge in [-0.25, -0.2) is 9.48 Å². The number of hydrogen-bond acceptors (Lipinski definition) is 6. The summed E-state index contributed by atoms with van der Waals surface area (Å²) in [6.45, 7) is 7.11. The van der Waals surface area contributed by atoms with E-state index in [-0.39, 0.29) is 12.1 Å². The fraction of sp³-hybridized carbons (Fsp3) is 0.355. The molecule has 0 bridgehead atoms. The minimum atomic E-state index is -0.472. The number of fused-ring (bicyclic) bond motifs is 3. The summed E-state index contributed by atoms with van der Waals surface area (Å²) >= 11 is 0. The number of carbonyl (C=O) groups excluding carboxylic acids is 1. The lowest BCUT2D eigenvalue weighted by molar-refractivity contribution is 0.0553. The molecule has 2 aromatic carbocycles. The molecule has 1 N–H and O–H groups in total. The average Bonchev–Trinajstić information content (AvgIpc) is 3.45. The molecule has 9 nitrogen and oxygen atoms in total. The van der Waals surface area contributed by atoms with Gasteiger partial charge in [0.1, 0.15) is 0 Å². The van der Waals surface area contributed by atoms with Gasteiger partial charge in [-0.1, -0.05) is 35.5 Å². The first-order valence-corrected chi connectivity index (χ1v) is 13.8. The summed E-state index contributed by atoms with van der Waals surface area (Å²) in [4.78, 5) is 17.5. The molecule has 40 heavy (non-hydrogen) atoms. The summed E-state index contributed by atoms with van der Waals surface area (Å²) in [5.74, 6) is 0.362. The minimum Gasteiger partial charge on any atom is -0.447 e. The van der Waals surface area contributed by atoms with Gasteiger partial charge in [-0.05, 0) is 69.4 Å². The molecule has 1 amide bonds. The first kappa shape index (κ1) is 26.0. The van der Waals surface area contributed by atoms with E-state index in [2.05, 4.69) is 56.6 Å². The fourth-order valence-electron chi connectivity index (χ4n) is 5.94. The second-order valence-corrected chi connectivity index (χ2v) is 10.7. The summed E-state index contributed by atoms with van der Waals surface area (Å²) in [5, 5.41) is 12.4. The number of benzene rings is 2. The third kappa shape index (κ3) is 4.81. The Morgan fingerprint density at radius 1 is 1.07 bits per heavy atom.